The number of hydrogen-bond acceptors (Lipinski definition) is 5. The van der Waals surface area contributed by atoms with E-state index >= 15 is 0 Å². The van der Waals surface area contributed by atoms with Crippen molar-refractivity contribution in [3.05, 3.63) is 102 Å². The van der Waals surface area contributed by atoms with Crippen LogP contribution in [0.15, 0.2) is 90.8 Å². The molecule has 0 bridgehead atoms. The van der Waals surface area contributed by atoms with Gasteiger partial charge in [0.25, 0.3) is 0 Å². The topological polar surface area (TPSA) is 79.1 Å². The smallest absolute Gasteiger partial charge is 0.153 e. The standard InChI is InChI=1S/C27H29FN6/c1-4-20-16-27(19(2)24-7-5-6-13-31-24)18-32-34(26(30)17-29)14-12-21(27)15-25(20)33(3)23-10-8-22(28)9-11-23/h4-11,13,15,17,29-30,32H,1-2,12,14,16,18H2,3H3. The second kappa shape index (κ2) is 9.57. The van der Waals surface area contributed by atoms with Gasteiger partial charge in [-0.2, -0.15) is 0 Å². The highest BCUT2D eigenvalue weighted by molar-refractivity contribution is 6.26. The molecule has 4 rings (SSSR count). The van der Waals surface area contributed by atoms with Gasteiger partial charge in [-0.15, -0.1) is 0 Å². The third kappa shape index (κ3) is 4.22. The zero-order chi connectivity index (χ0) is 24.3. The summed E-state index contributed by atoms with van der Waals surface area (Å²) >= 11 is 0. The van der Waals surface area contributed by atoms with Crippen LogP contribution in [0.2, 0.25) is 0 Å². The molecule has 1 atom stereocenters. The van der Waals surface area contributed by atoms with E-state index in [0.29, 0.717) is 25.9 Å². The van der Waals surface area contributed by atoms with Gasteiger partial charge in [-0.25, -0.2) is 9.82 Å². The Morgan fingerprint density at radius 2 is 2.03 bits per heavy atom. The van der Waals surface area contributed by atoms with Crippen LogP contribution in [0.1, 0.15) is 18.5 Å². The van der Waals surface area contributed by atoms with Crippen LogP contribution in [0, 0.1) is 22.1 Å². The lowest BCUT2D eigenvalue weighted by molar-refractivity contribution is 0.301. The van der Waals surface area contributed by atoms with E-state index in [1.165, 1.54) is 17.7 Å². The Labute approximate surface area is 199 Å². The lowest BCUT2D eigenvalue weighted by Gasteiger charge is -2.42. The number of hydrogen-bond donors (Lipinski definition) is 3. The molecule has 1 aromatic heterocycles. The minimum atomic E-state index is -0.470. The SMILES string of the molecule is C=CC1=C(N(C)c2ccc(F)cc2)C=C2CCN(C(=N)C=N)NCC2(C(=C)c2ccccn2)C1. The molecular formula is C27H29FN6. The third-order valence-corrected chi connectivity index (χ3v) is 6.72. The summed E-state index contributed by atoms with van der Waals surface area (Å²) in [4.78, 5) is 6.62. The number of hydrazine groups is 1. The van der Waals surface area contributed by atoms with E-state index in [0.717, 1.165) is 34.4 Å². The van der Waals surface area contributed by atoms with Crippen molar-refractivity contribution in [2.24, 2.45) is 5.41 Å². The van der Waals surface area contributed by atoms with Gasteiger partial charge in [-0.3, -0.25) is 15.4 Å². The number of aromatic nitrogens is 1. The summed E-state index contributed by atoms with van der Waals surface area (Å²) in [5.74, 6) is -0.162. The minimum absolute atomic E-state index is 0.110. The lowest BCUT2D eigenvalue weighted by Crippen LogP contribution is -2.46. The number of allylic oxidation sites excluding steroid dienone is 3. The Hall–Kier alpha value is -3.84. The fraction of sp³-hybridized carbons (Fsp3) is 0.222. The van der Waals surface area contributed by atoms with Crippen molar-refractivity contribution in [3.8, 4) is 0 Å². The molecule has 2 aliphatic rings. The monoisotopic (exact) mass is 456 g/mol. The second-order valence-electron chi connectivity index (χ2n) is 8.54. The van der Waals surface area contributed by atoms with Crippen LogP contribution in [-0.2, 0) is 0 Å². The predicted octanol–water partition coefficient (Wildman–Crippen LogP) is 4.96. The molecule has 34 heavy (non-hydrogen) atoms. The summed E-state index contributed by atoms with van der Waals surface area (Å²) < 4.78 is 13.5. The van der Waals surface area contributed by atoms with Gasteiger partial charge in [-0.1, -0.05) is 30.9 Å². The second-order valence-corrected chi connectivity index (χ2v) is 8.54. The fourth-order valence-corrected chi connectivity index (χ4v) is 4.72. The van der Waals surface area contributed by atoms with Crippen LogP contribution in [0.25, 0.3) is 5.57 Å². The molecule has 0 spiro atoms. The summed E-state index contributed by atoms with van der Waals surface area (Å²) in [6.07, 6.45) is 8.19. The van der Waals surface area contributed by atoms with Crippen LogP contribution in [-0.4, -0.2) is 42.2 Å². The molecule has 1 saturated heterocycles. The number of rotatable bonds is 6. The summed E-state index contributed by atoms with van der Waals surface area (Å²) in [5, 5.41) is 17.4. The normalized spacial score (nSPS) is 20.1. The highest BCUT2D eigenvalue weighted by Gasteiger charge is 2.43. The molecule has 2 heterocycles. The first-order valence-corrected chi connectivity index (χ1v) is 11.2. The molecule has 7 heteroatoms. The molecular weight excluding hydrogens is 427 g/mol. The molecule has 1 unspecified atom stereocenters. The van der Waals surface area contributed by atoms with E-state index in [9.17, 15) is 4.39 Å². The molecule has 1 aliphatic carbocycles. The van der Waals surface area contributed by atoms with Crippen molar-refractivity contribution in [1.82, 2.24) is 15.4 Å². The van der Waals surface area contributed by atoms with Crippen molar-refractivity contribution in [3.63, 3.8) is 0 Å². The van der Waals surface area contributed by atoms with Crippen molar-refractivity contribution in [1.29, 1.82) is 10.8 Å². The Bertz CT molecular complexity index is 1180. The minimum Gasteiger partial charge on any atom is -0.344 e. The maximum Gasteiger partial charge on any atom is 0.153 e. The first-order chi connectivity index (χ1) is 16.4. The first kappa shape index (κ1) is 23.3. The van der Waals surface area contributed by atoms with Crippen molar-refractivity contribution < 1.29 is 4.39 Å². The zero-order valence-corrected chi connectivity index (χ0v) is 19.3. The van der Waals surface area contributed by atoms with E-state index in [1.807, 2.05) is 36.2 Å². The van der Waals surface area contributed by atoms with E-state index in [4.69, 9.17) is 10.8 Å². The number of benzene rings is 1. The summed E-state index contributed by atoms with van der Waals surface area (Å²) in [7, 11) is 1.97. The highest BCUT2D eigenvalue weighted by atomic mass is 19.1. The molecule has 0 saturated carbocycles. The zero-order valence-electron chi connectivity index (χ0n) is 19.3. The Balaban J connectivity index is 1.80. The van der Waals surface area contributed by atoms with E-state index in [2.05, 4.69) is 29.6 Å². The predicted molar refractivity (Wildman–Crippen MR) is 136 cm³/mol. The fourth-order valence-electron chi connectivity index (χ4n) is 4.72. The summed E-state index contributed by atoms with van der Waals surface area (Å²) in [5.41, 5.74) is 8.71. The van der Waals surface area contributed by atoms with Crippen molar-refractivity contribution in [2.75, 3.05) is 25.0 Å². The van der Waals surface area contributed by atoms with E-state index in [-0.39, 0.29) is 11.7 Å². The number of anilines is 1. The Kier molecular flexibility index (Phi) is 6.56. The molecule has 3 N–H and O–H groups in total. The van der Waals surface area contributed by atoms with E-state index < -0.39 is 5.41 Å². The summed E-state index contributed by atoms with van der Waals surface area (Å²) in [6, 6.07) is 12.2. The summed E-state index contributed by atoms with van der Waals surface area (Å²) in [6.45, 7) is 9.64. The quantitative estimate of drug-likeness (QED) is 0.424. The van der Waals surface area contributed by atoms with Gasteiger partial charge in [0.15, 0.2) is 5.84 Å². The Morgan fingerprint density at radius 1 is 1.26 bits per heavy atom. The molecule has 1 aromatic carbocycles. The van der Waals surface area contributed by atoms with Gasteiger partial charge in [0.1, 0.15) is 5.82 Å². The number of amidine groups is 1. The van der Waals surface area contributed by atoms with Crippen LogP contribution in [0.4, 0.5) is 10.1 Å². The van der Waals surface area contributed by atoms with Gasteiger partial charge in [0.05, 0.1) is 11.9 Å². The van der Waals surface area contributed by atoms with Gasteiger partial charge >= 0.3 is 0 Å². The molecule has 174 valence electrons. The van der Waals surface area contributed by atoms with Crippen LogP contribution in [0.5, 0.6) is 0 Å². The first-order valence-electron chi connectivity index (χ1n) is 11.2. The van der Waals surface area contributed by atoms with Crippen molar-refractivity contribution in [2.45, 2.75) is 12.8 Å². The van der Waals surface area contributed by atoms with Crippen molar-refractivity contribution >= 4 is 23.3 Å². The average molecular weight is 457 g/mol. The maximum absolute atomic E-state index is 13.5. The van der Waals surface area contributed by atoms with E-state index in [1.54, 1.807) is 23.3 Å². The van der Waals surface area contributed by atoms with Gasteiger partial charge in [-0.05, 0) is 66.5 Å². The number of nitrogens with one attached hydrogen (secondary N) is 3. The lowest BCUT2D eigenvalue weighted by atomic mass is 9.65. The highest BCUT2D eigenvalue weighted by Crippen LogP contribution is 2.51. The number of nitrogens with zero attached hydrogens (tertiary/aromatic N) is 3. The molecule has 6 nitrogen and oxygen atoms in total. The molecule has 1 fully saturated rings. The molecule has 2 aromatic rings. The number of halogens is 1. The van der Waals surface area contributed by atoms with Gasteiger partial charge in [0, 0.05) is 43.1 Å². The van der Waals surface area contributed by atoms with Crippen LogP contribution < -0.4 is 10.3 Å². The Morgan fingerprint density at radius 3 is 2.68 bits per heavy atom. The average Bonchev–Trinajstić information content (AvgIpc) is 3.07. The van der Waals surface area contributed by atoms with Gasteiger partial charge < -0.3 is 10.3 Å². The third-order valence-electron chi connectivity index (χ3n) is 6.72. The molecule has 0 amide bonds. The molecule has 0 radical (unpaired) electrons. The number of pyridine rings is 1. The number of fused-ring (bicyclic) bond motifs is 1. The van der Waals surface area contributed by atoms with Crippen LogP contribution in [0.3, 0.4) is 0 Å². The van der Waals surface area contributed by atoms with Crippen LogP contribution >= 0.6 is 0 Å². The maximum atomic E-state index is 13.5. The molecule has 1 aliphatic heterocycles. The van der Waals surface area contributed by atoms with Gasteiger partial charge in [0.2, 0.25) is 0 Å². The largest absolute Gasteiger partial charge is 0.344 e. The number of likely N-dealkylation sites (N-methyl/N-ethyl adjacent to an activating group) is 1.